The predicted octanol–water partition coefficient (Wildman–Crippen LogP) is 2.02. The lowest BCUT2D eigenvalue weighted by Gasteiger charge is -2.00. The molecule has 0 aliphatic rings. The van der Waals surface area contributed by atoms with E-state index in [1.807, 2.05) is 6.20 Å². The smallest absolute Gasteiger partial charge is 0.221 e. The number of halogens is 2. The van der Waals surface area contributed by atoms with Crippen molar-refractivity contribution in [3.8, 4) is 0 Å². The maximum absolute atomic E-state index is 11.5. The van der Waals surface area contributed by atoms with Gasteiger partial charge in [-0.2, -0.15) is 0 Å². The van der Waals surface area contributed by atoms with Crippen molar-refractivity contribution in [1.82, 2.24) is 24.1 Å². The normalized spacial score (nSPS) is 12.9. The molecular formula is C11H9Cl2N5OS. The number of hydrogen-bond acceptors (Lipinski definition) is 4. The number of nitrogens with zero attached hydrogens (tertiary/aromatic N) is 5. The van der Waals surface area contributed by atoms with E-state index < -0.39 is 10.8 Å². The van der Waals surface area contributed by atoms with Gasteiger partial charge in [-0.1, -0.05) is 23.2 Å². The van der Waals surface area contributed by atoms with E-state index in [4.69, 9.17) is 23.2 Å². The van der Waals surface area contributed by atoms with E-state index >= 15 is 0 Å². The van der Waals surface area contributed by atoms with Crippen LogP contribution in [0.15, 0.2) is 29.9 Å². The molecule has 0 spiro atoms. The summed E-state index contributed by atoms with van der Waals surface area (Å²) in [6.07, 6.45) is 6.62. The number of fused-ring (bicyclic) bond motifs is 1. The minimum absolute atomic E-state index is 0.409. The summed E-state index contributed by atoms with van der Waals surface area (Å²) in [5, 5.41) is 9.01. The summed E-state index contributed by atoms with van der Waals surface area (Å²) in [4.78, 5) is 4.43. The van der Waals surface area contributed by atoms with Crippen LogP contribution in [0.1, 0.15) is 5.69 Å². The number of imidazole rings is 1. The lowest BCUT2D eigenvalue weighted by Crippen LogP contribution is -2.05. The summed E-state index contributed by atoms with van der Waals surface area (Å²) < 4.78 is 15.0. The lowest BCUT2D eigenvalue weighted by molar-refractivity contribution is 0.649. The molecule has 9 heteroatoms. The van der Waals surface area contributed by atoms with Gasteiger partial charge in [0.2, 0.25) is 5.16 Å². The SMILES string of the molecule is C[S@](=O)c1nncn1Cc1cn2cc(Cl)cc(Cl)c2n1. The van der Waals surface area contributed by atoms with Gasteiger partial charge in [0, 0.05) is 18.6 Å². The van der Waals surface area contributed by atoms with Crippen molar-refractivity contribution in [3.05, 3.63) is 40.5 Å². The minimum Gasteiger partial charge on any atom is -0.304 e. The van der Waals surface area contributed by atoms with Crippen LogP contribution >= 0.6 is 23.2 Å². The highest BCUT2D eigenvalue weighted by atomic mass is 35.5. The van der Waals surface area contributed by atoms with Gasteiger partial charge < -0.3 is 8.97 Å². The molecule has 3 aromatic heterocycles. The van der Waals surface area contributed by atoms with Crippen molar-refractivity contribution in [3.63, 3.8) is 0 Å². The summed E-state index contributed by atoms with van der Waals surface area (Å²) in [6.45, 7) is 0.414. The number of pyridine rings is 1. The van der Waals surface area contributed by atoms with Gasteiger partial charge in [0.15, 0.2) is 5.65 Å². The second kappa shape index (κ2) is 5.16. The van der Waals surface area contributed by atoms with Crippen LogP contribution in [0.25, 0.3) is 5.65 Å². The zero-order chi connectivity index (χ0) is 14.3. The van der Waals surface area contributed by atoms with E-state index in [0.29, 0.717) is 27.4 Å². The Morgan fingerprint density at radius 2 is 2.15 bits per heavy atom. The molecule has 0 aliphatic carbocycles. The third kappa shape index (κ3) is 2.44. The Labute approximate surface area is 126 Å². The molecule has 0 aliphatic heterocycles. The molecule has 0 bridgehead atoms. The fourth-order valence-corrected chi connectivity index (χ4v) is 3.03. The molecule has 0 unspecified atom stereocenters. The maximum Gasteiger partial charge on any atom is 0.221 e. The fourth-order valence-electron chi connectivity index (χ4n) is 1.90. The van der Waals surface area contributed by atoms with Gasteiger partial charge in [0.25, 0.3) is 0 Å². The molecule has 3 heterocycles. The van der Waals surface area contributed by atoms with Crippen LogP contribution in [0.3, 0.4) is 0 Å². The van der Waals surface area contributed by atoms with Gasteiger partial charge in [-0.3, -0.25) is 4.21 Å². The van der Waals surface area contributed by atoms with Gasteiger partial charge in [-0.25, -0.2) is 4.98 Å². The highest BCUT2D eigenvalue weighted by molar-refractivity contribution is 7.84. The molecule has 20 heavy (non-hydrogen) atoms. The first-order valence-electron chi connectivity index (χ1n) is 5.58. The minimum atomic E-state index is -1.20. The first-order valence-corrected chi connectivity index (χ1v) is 7.90. The molecule has 6 nitrogen and oxygen atoms in total. The van der Waals surface area contributed by atoms with Crippen LogP contribution in [0, 0.1) is 0 Å². The van der Waals surface area contributed by atoms with Crippen molar-refractivity contribution in [2.45, 2.75) is 11.7 Å². The Morgan fingerprint density at radius 1 is 1.35 bits per heavy atom. The molecule has 0 N–H and O–H groups in total. The van der Waals surface area contributed by atoms with Crippen LogP contribution < -0.4 is 0 Å². The molecule has 0 saturated carbocycles. The summed E-state index contributed by atoms with van der Waals surface area (Å²) in [5.74, 6) is 0. The summed E-state index contributed by atoms with van der Waals surface area (Å²) >= 11 is 12.0. The van der Waals surface area contributed by atoms with E-state index in [-0.39, 0.29) is 0 Å². The molecule has 1 atom stereocenters. The Bertz CT molecular complexity index is 812. The average molecular weight is 330 g/mol. The Kier molecular flexibility index (Phi) is 3.49. The number of rotatable bonds is 3. The zero-order valence-electron chi connectivity index (χ0n) is 10.3. The summed E-state index contributed by atoms with van der Waals surface area (Å²) in [6, 6.07) is 1.64. The van der Waals surface area contributed by atoms with Gasteiger partial charge >= 0.3 is 0 Å². The van der Waals surface area contributed by atoms with Crippen LogP contribution in [-0.4, -0.2) is 34.6 Å². The van der Waals surface area contributed by atoms with Crippen molar-refractivity contribution in [2.24, 2.45) is 0 Å². The summed E-state index contributed by atoms with van der Waals surface area (Å²) in [7, 11) is -1.20. The molecule has 104 valence electrons. The molecule has 0 aromatic carbocycles. The van der Waals surface area contributed by atoms with Crippen LogP contribution in [-0.2, 0) is 17.3 Å². The van der Waals surface area contributed by atoms with E-state index in [0.717, 1.165) is 5.69 Å². The second-order valence-corrected chi connectivity index (χ2v) is 6.28. The highest BCUT2D eigenvalue weighted by Gasteiger charge is 2.11. The van der Waals surface area contributed by atoms with Crippen molar-refractivity contribution in [1.29, 1.82) is 0 Å². The highest BCUT2D eigenvalue weighted by Crippen LogP contribution is 2.22. The lowest BCUT2D eigenvalue weighted by atomic mass is 10.5. The molecule has 0 radical (unpaired) electrons. The van der Waals surface area contributed by atoms with Crippen molar-refractivity contribution in [2.75, 3.05) is 6.26 Å². The van der Waals surface area contributed by atoms with Gasteiger partial charge in [0.05, 0.1) is 33.1 Å². The average Bonchev–Trinajstić information content (AvgIpc) is 2.95. The molecule has 0 fully saturated rings. The quantitative estimate of drug-likeness (QED) is 0.737. The van der Waals surface area contributed by atoms with E-state index in [2.05, 4.69) is 15.2 Å². The first kappa shape index (κ1) is 13.5. The molecular weight excluding hydrogens is 321 g/mol. The first-order chi connectivity index (χ1) is 9.54. The van der Waals surface area contributed by atoms with Crippen LogP contribution in [0.5, 0.6) is 0 Å². The number of aromatic nitrogens is 5. The molecule has 3 aromatic rings. The molecule has 0 amide bonds. The van der Waals surface area contributed by atoms with E-state index in [1.165, 1.54) is 6.33 Å². The third-order valence-electron chi connectivity index (χ3n) is 2.69. The van der Waals surface area contributed by atoms with Crippen LogP contribution in [0.2, 0.25) is 10.0 Å². The maximum atomic E-state index is 11.5. The topological polar surface area (TPSA) is 65.1 Å². The van der Waals surface area contributed by atoms with Crippen molar-refractivity contribution < 1.29 is 4.21 Å². The van der Waals surface area contributed by atoms with Gasteiger partial charge in [0.1, 0.15) is 6.33 Å². The molecule has 3 rings (SSSR count). The second-order valence-electron chi connectivity index (χ2n) is 4.16. The standard InChI is InChI=1S/C11H9Cl2N5OS/c1-20(19)11-16-14-6-18(11)5-8-4-17-3-7(12)2-9(13)10(17)15-8/h2-4,6H,5H2,1H3/t20-/m0/s1. The van der Waals surface area contributed by atoms with Gasteiger partial charge in [-0.15, -0.1) is 10.2 Å². The van der Waals surface area contributed by atoms with Crippen molar-refractivity contribution >= 4 is 39.6 Å². The van der Waals surface area contributed by atoms with E-state index in [9.17, 15) is 4.21 Å². The third-order valence-corrected chi connectivity index (χ3v) is 4.01. The monoisotopic (exact) mass is 329 g/mol. The predicted molar refractivity (Wildman–Crippen MR) is 76.7 cm³/mol. The number of hydrogen-bond donors (Lipinski definition) is 0. The Balaban J connectivity index is 2.01. The fraction of sp³-hybridized carbons (Fsp3) is 0.182. The van der Waals surface area contributed by atoms with Crippen LogP contribution in [0.4, 0.5) is 0 Å². The van der Waals surface area contributed by atoms with E-state index in [1.54, 1.807) is 27.5 Å². The Morgan fingerprint density at radius 3 is 2.90 bits per heavy atom. The molecule has 0 saturated heterocycles. The zero-order valence-corrected chi connectivity index (χ0v) is 12.7. The largest absolute Gasteiger partial charge is 0.304 e. The summed E-state index contributed by atoms with van der Waals surface area (Å²) in [5.41, 5.74) is 1.37. The van der Waals surface area contributed by atoms with Gasteiger partial charge in [-0.05, 0) is 6.07 Å². The Hall–Kier alpha value is -1.44.